The van der Waals surface area contributed by atoms with Gasteiger partial charge in [0.15, 0.2) is 5.88 Å². The molecule has 0 radical (unpaired) electrons. The summed E-state index contributed by atoms with van der Waals surface area (Å²) in [6, 6.07) is 21.4. The third-order valence-electron chi connectivity index (χ3n) is 4.89. The smallest absolute Gasteiger partial charge is 0.199 e. The molecule has 0 fully saturated rings. The SMILES string of the molecule is Oc1[nH]c2cc(/C=N\OCc3cccnc3)ccc2c1-c1ccc2ccccc2n1. The van der Waals surface area contributed by atoms with E-state index in [0.717, 1.165) is 38.6 Å². The monoisotopic (exact) mass is 394 g/mol. The van der Waals surface area contributed by atoms with Gasteiger partial charge in [0.1, 0.15) is 6.61 Å². The zero-order chi connectivity index (χ0) is 20.3. The first-order valence-corrected chi connectivity index (χ1v) is 9.53. The van der Waals surface area contributed by atoms with Crippen LogP contribution in [-0.4, -0.2) is 26.3 Å². The number of aromatic nitrogens is 3. The number of aromatic hydroxyl groups is 1. The molecule has 3 aromatic heterocycles. The maximum atomic E-state index is 10.5. The van der Waals surface area contributed by atoms with Crippen molar-refractivity contribution in [3.05, 3.63) is 90.3 Å². The topological polar surface area (TPSA) is 83.4 Å². The molecular formula is C24H18N4O2. The van der Waals surface area contributed by atoms with E-state index < -0.39 is 0 Å². The van der Waals surface area contributed by atoms with Gasteiger partial charge in [-0.25, -0.2) is 4.98 Å². The normalized spacial score (nSPS) is 11.5. The summed E-state index contributed by atoms with van der Waals surface area (Å²) in [6.07, 6.45) is 5.10. The Kier molecular flexibility index (Phi) is 4.57. The lowest BCUT2D eigenvalue weighted by molar-refractivity contribution is 0.132. The van der Waals surface area contributed by atoms with Crippen molar-refractivity contribution < 1.29 is 9.94 Å². The van der Waals surface area contributed by atoms with Crippen LogP contribution in [0.3, 0.4) is 0 Å². The molecule has 3 heterocycles. The molecule has 0 saturated heterocycles. The van der Waals surface area contributed by atoms with Crippen molar-refractivity contribution in [2.45, 2.75) is 6.61 Å². The molecule has 0 spiro atoms. The summed E-state index contributed by atoms with van der Waals surface area (Å²) in [6.45, 7) is 0.355. The largest absolute Gasteiger partial charge is 0.494 e. The molecule has 0 aliphatic carbocycles. The minimum Gasteiger partial charge on any atom is -0.494 e. The Morgan fingerprint density at radius 2 is 1.97 bits per heavy atom. The fraction of sp³-hybridized carbons (Fsp3) is 0.0417. The van der Waals surface area contributed by atoms with Crippen LogP contribution in [0.15, 0.2) is 84.3 Å². The number of H-pyrrole nitrogens is 1. The minimum absolute atomic E-state index is 0.0923. The quantitative estimate of drug-likeness (QED) is 0.323. The first-order chi connectivity index (χ1) is 14.8. The van der Waals surface area contributed by atoms with Crippen molar-refractivity contribution in [1.82, 2.24) is 15.0 Å². The van der Waals surface area contributed by atoms with Crippen LogP contribution in [0.25, 0.3) is 33.1 Å². The van der Waals surface area contributed by atoms with Crippen LogP contribution in [0, 0.1) is 0 Å². The van der Waals surface area contributed by atoms with Gasteiger partial charge in [-0.15, -0.1) is 0 Å². The van der Waals surface area contributed by atoms with Gasteiger partial charge in [-0.1, -0.05) is 47.6 Å². The summed E-state index contributed by atoms with van der Waals surface area (Å²) in [4.78, 5) is 17.1. The molecule has 2 aromatic carbocycles. The van der Waals surface area contributed by atoms with E-state index in [1.165, 1.54) is 0 Å². The molecule has 0 atom stereocenters. The highest BCUT2D eigenvalue weighted by Crippen LogP contribution is 2.36. The molecule has 0 amide bonds. The third-order valence-corrected chi connectivity index (χ3v) is 4.89. The van der Waals surface area contributed by atoms with E-state index >= 15 is 0 Å². The van der Waals surface area contributed by atoms with Crippen LogP contribution >= 0.6 is 0 Å². The molecule has 5 rings (SSSR count). The lowest BCUT2D eigenvalue weighted by atomic mass is 10.1. The Balaban J connectivity index is 1.41. The number of hydrogen-bond donors (Lipinski definition) is 2. The van der Waals surface area contributed by atoms with Gasteiger partial charge < -0.3 is 14.9 Å². The highest BCUT2D eigenvalue weighted by atomic mass is 16.6. The predicted octanol–water partition coefficient (Wildman–Crippen LogP) is 5.03. The van der Waals surface area contributed by atoms with Crippen LogP contribution < -0.4 is 0 Å². The maximum Gasteiger partial charge on any atom is 0.199 e. The fourth-order valence-corrected chi connectivity index (χ4v) is 3.44. The highest BCUT2D eigenvalue weighted by Gasteiger charge is 2.14. The molecule has 6 heteroatoms. The summed E-state index contributed by atoms with van der Waals surface area (Å²) >= 11 is 0. The van der Waals surface area contributed by atoms with Crippen LogP contribution in [-0.2, 0) is 11.4 Å². The minimum atomic E-state index is 0.0923. The molecule has 5 aromatic rings. The average Bonchev–Trinajstić information content (AvgIpc) is 3.12. The number of benzene rings is 2. The summed E-state index contributed by atoms with van der Waals surface area (Å²) in [5.41, 5.74) is 4.90. The van der Waals surface area contributed by atoms with Gasteiger partial charge in [0.25, 0.3) is 0 Å². The zero-order valence-electron chi connectivity index (χ0n) is 16.0. The molecule has 0 bridgehead atoms. The lowest BCUT2D eigenvalue weighted by Crippen LogP contribution is -1.89. The second-order valence-corrected chi connectivity index (χ2v) is 6.91. The third kappa shape index (κ3) is 3.46. The van der Waals surface area contributed by atoms with Crippen LogP contribution in [0.1, 0.15) is 11.1 Å². The average molecular weight is 394 g/mol. The first kappa shape index (κ1) is 17.9. The van der Waals surface area contributed by atoms with Crippen molar-refractivity contribution in [2.24, 2.45) is 5.16 Å². The molecule has 0 unspecified atom stereocenters. The van der Waals surface area contributed by atoms with Gasteiger partial charge in [-0.05, 0) is 29.8 Å². The van der Waals surface area contributed by atoms with Gasteiger partial charge in [0, 0.05) is 34.2 Å². The number of nitrogens with one attached hydrogen (secondary N) is 1. The number of para-hydroxylation sites is 1. The Hall–Kier alpha value is -4.19. The van der Waals surface area contributed by atoms with E-state index in [1.807, 2.05) is 66.7 Å². The highest BCUT2D eigenvalue weighted by molar-refractivity contribution is 6.01. The lowest BCUT2D eigenvalue weighted by Gasteiger charge is -2.03. The number of aromatic amines is 1. The molecule has 0 saturated carbocycles. The summed E-state index contributed by atoms with van der Waals surface area (Å²) in [7, 11) is 0. The number of oxime groups is 1. The molecule has 0 aliphatic rings. The van der Waals surface area contributed by atoms with E-state index in [9.17, 15) is 5.11 Å². The van der Waals surface area contributed by atoms with E-state index in [-0.39, 0.29) is 5.88 Å². The molecule has 30 heavy (non-hydrogen) atoms. The van der Waals surface area contributed by atoms with Crippen LogP contribution in [0.2, 0.25) is 0 Å². The first-order valence-electron chi connectivity index (χ1n) is 9.53. The Morgan fingerprint density at radius 3 is 2.87 bits per heavy atom. The second-order valence-electron chi connectivity index (χ2n) is 6.91. The van der Waals surface area contributed by atoms with Crippen molar-refractivity contribution in [2.75, 3.05) is 0 Å². The summed E-state index contributed by atoms with van der Waals surface area (Å²) < 4.78 is 0. The number of nitrogens with zero attached hydrogens (tertiary/aromatic N) is 3. The molecule has 0 aliphatic heterocycles. The Bertz CT molecular complexity index is 1360. The Labute approximate surface area is 172 Å². The van der Waals surface area contributed by atoms with Crippen molar-refractivity contribution in [1.29, 1.82) is 0 Å². The number of hydrogen-bond acceptors (Lipinski definition) is 5. The van der Waals surface area contributed by atoms with Gasteiger partial charge in [-0.2, -0.15) is 0 Å². The van der Waals surface area contributed by atoms with Gasteiger partial charge >= 0.3 is 0 Å². The summed E-state index contributed by atoms with van der Waals surface area (Å²) in [5, 5.41) is 16.5. The van der Waals surface area contributed by atoms with Crippen molar-refractivity contribution >= 4 is 28.0 Å². The molecule has 146 valence electrons. The van der Waals surface area contributed by atoms with E-state index in [4.69, 9.17) is 9.82 Å². The molecule has 2 N–H and O–H groups in total. The zero-order valence-corrected chi connectivity index (χ0v) is 16.0. The van der Waals surface area contributed by atoms with E-state index in [0.29, 0.717) is 12.2 Å². The van der Waals surface area contributed by atoms with Crippen LogP contribution in [0.5, 0.6) is 5.88 Å². The van der Waals surface area contributed by atoms with Crippen molar-refractivity contribution in [3.8, 4) is 17.1 Å². The molecular weight excluding hydrogens is 376 g/mol. The second kappa shape index (κ2) is 7.67. The van der Waals surface area contributed by atoms with E-state index in [1.54, 1.807) is 18.6 Å². The fourth-order valence-electron chi connectivity index (χ4n) is 3.44. The standard InChI is InChI=1S/C24H18N4O2/c29-24-23(21-10-8-18-5-1-2-6-20(18)27-21)19-9-7-16(12-22(19)28-24)14-26-30-15-17-4-3-11-25-13-17/h1-14,28-29H,15H2/b26-14-. The predicted molar refractivity (Wildman–Crippen MR) is 117 cm³/mol. The Morgan fingerprint density at radius 1 is 1.03 bits per heavy atom. The molecule has 6 nitrogen and oxygen atoms in total. The number of rotatable bonds is 5. The summed E-state index contributed by atoms with van der Waals surface area (Å²) in [5.74, 6) is 0.0923. The van der Waals surface area contributed by atoms with E-state index in [2.05, 4.69) is 15.1 Å². The van der Waals surface area contributed by atoms with Gasteiger partial charge in [0.2, 0.25) is 0 Å². The van der Waals surface area contributed by atoms with Gasteiger partial charge in [-0.3, -0.25) is 4.98 Å². The van der Waals surface area contributed by atoms with Gasteiger partial charge in [0.05, 0.1) is 23.0 Å². The van der Waals surface area contributed by atoms with Crippen LogP contribution in [0.4, 0.5) is 0 Å². The number of fused-ring (bicyclic) bond motifs is 2. The number of pyridine rings is 2. The maximum absolute atomic E-state index is 10.5. The van der Waals surface area contributed by atoms with Crippen molar-refractivity contribution in [3.63, 3.8) is 0 Å².